The number of carbonyl (C=O) groups is 1. The maximum absolute atomic E-state index is 12.4. The molecule has 0 bridgehead atoms. The first-order valence-electron chi connectivity index (χ1n) is 7.30. The van der Waals surface area contributed by atoms with Gasteiger partial charge in [0.15, 0.2) is 0 Å². The van der Waals surface area contributed by atoms with E-state index in [1.165, 1.54) is 7.11 Å². The minimum atomic E-state index is -0.336. The molecule has 114 valence electrons. The summed E-state index contributed by atoms with van der Waals surface area (Å²) in [5.74, 6) is -0.336. The van der Waals surface area contributed by atoms with Crippen molar-refractivity contribution in [3.8, 4) is 0 Å². The zero-order valence-corrected chi connectivity index (χ0v) is 12.5. The van der Waals surface area contributed by atoms with Crippen LogP contribution in [0.3, 0.4) is 0 Å². The van der Waals surface area contributed by atoms with Gasteiger partial charge < -0.3 is 9.72 Å². The second kappa shape index (κ2) is 4.98. The van der Waals surface area contributed by atoms with Crippen LogP contribution in [0, 0.1) is 0 Å². The molecule has 0 unspecified atom stereocenters. The monoisotopic (exact) mass is 306 g/mol. The van der Waals surface area contributed by atoms with E-state index in [0.717, 1.165) is 22.0 Å². The Morgan fingerprint density at radius 1 is 1.04 bits per heavy atom. The SMILES string of the molecule is COC(=O)Cc1c2ccccc2n2c1[nH]c(=O)c1ccccc12. The summed E-state index contributed by atoms with van der Waals surface area (Å²) in [6, 6.07) is 15.2. The van der Waals surface area contributed by atoms with E-state index in [0.29, 0.717) is 11.0 Å². The van der Waals surface area contributed by atoms with Crippen molar-refractivity contribution in [2.75, 3.05) is 7.11 Å². The quantitative estimate of drug-likeness (QED) is 0.579. The van der Waals surface area contributed by atoms with Gasteiger partial charge in [0, 0.05) is 10.9 Å². The smallest absolute Gasteiger partial charge is 0.310 e. The van der Waals surface area contributed by atoms with Gasteiger partial charge in [0.25, 0.3) is 5.56 Å². The van der Waals surface area contributed by atoms with E-state index in [4.69, 9.17) is 4.74 Å². The largest absolute Gasteiger partial charge is 0.469 e. The van der Waals surface area contributed by atoms with Gasteiger partial charge in [-0.3, -0.25) is 14.0 Å². The minimum Gasteiger partial charge on any atom is -0.469 e. The number of nitrogens with one attached hydrogen (secondary N) is 1. The van der Waals surface area contributed by atoms with Gasteiger partial charge in [-0.1, -0.05) is 30.3 Å². The summed E-state index contributed by atoms with van der Waals surface area (Å²) in [7, 11) is 1.36. The highest BCUT2D eigenvalue weighted by molar-refractivity contribution is 5.98. The molecular weight excluding hydrogens is 292 g/mol. The Bertz CT molecular complexity index is 1120. The van der Waals surface area contributed by atoms with Crippen LogP contribution >= 0.6 is 0 Å². The van der Waals surface area contributed by atoms with Crippen LogP contribution < -0.4 is 5.56 Å². The number of aromatic amines is 1. The second-order valence-electron chi connectivity index (χ2n) is 5.40. The number of nitrogens with zero attached hydrogens (tertiary/aromatic N) is 1. The predicted octanol–water partition coefficient (Wildman–Crippen LogP) is 2.65. The van der Waals surface area contributed by atoms with E-state index < -0.39 is 0 Å². The number of para-hydroxylation sites is 2. The first-order chi connectivity index (χ1) is 11.2. The van der Waals surface area contributed by atoms with Crippen molar-refractivity contribution in [3.05, 3.63) is 64.4 Å². The summed E-state index contributed by atoms with van der Waals surface area (Å²) in [6.07, 6.45) is 0.113. The van der Waals surface area contributed by atoms with Gasteiger partial charge in [0.2, 0.25) is 0 Å². The molecule has 23 heavy (non-hydrogen) atoms. The Kier molecular flexibility index (Phi) is 2.94. The molecule has 2 aromatic heterocycles. The van der Waals surface area contributed by atoms with Crippen molar-refractivity contribution in [1.29, 1.82) is 0 Å². The molecule has 4 aromatic rings. The van der Waals surface area contributed by atoms with Gasteiger partial charge in [-0.2, -0.15) is 0 Å². The van der Waals surface area contributed by atoms with Crippen molar-refractivity contribution in [3.63, 3.8) is 0 Å². The third kappa shape index (κ3) is 1.93. The van der Waals surface area contributed by atoms with Crippen LogP contribution in [0.4, 0.5) is 0 Å². The van der Waals surface area contributed by atoms with Crippen molar-refractivity contribution in [1.82, 2.24) is 9.38 Å². The van der Waals surface area contributed by atoms with Crippen LogP contribution in [0.1, 0.15) is 5.56 Å². The van der Waals surface area contributed by atoms with Crippen LogP contribution in [0.25, 0.3) is 27.5 Å². The standard InChI is InChI=1S/C18H14N2O3/c1-23-16(21)10-13-11-6-2-4-8-14(11)20-15-9-5-3-7-12(15)18(22)19-17(13)20/h2-9H,10H2,1H3,(H,19,22). The van der Waals surface area contributed by atoms with E-state index in [9.17, 15) is 9.59 Å². The zero-order valence-electron chi connectivity index (χ0n) is 12.5. The van der Waals surface area contributed by atoms with E-state index >= 15 is 0 Å². The van der Waals surface area contributed by atoms with E-state index in [-0.39, 0.29) is 17.9 Å². The molecular formula is C18H14N2O3. The summed E-state index contributed by atoms with van der Waals surface area (Å²) in [6.45, 7) is 0. The molecule has 0 fully saturated rings. The molecule has 5 nitrogen and oxygen atoms in total. The molecule has 0 amide bonds. The third-order valence-corrected chi connectivity index (χ3v) is 4.15. The Morgan fingerprint density at radius 2 is 1.65 bits per heavy atom. The lowest BCUT2D eigenvalue weighted by molar-refractivity contribution is -0.139. The lowest BCUT2D eigenvalue weighted by atomic mass is 10.1. The molecule has 4 rings (SSSR count). The lowest BCUT2D eigenvalue weighted by Gasteiger charge is -2.04. The minimum absolute atomic E-state index is 0.113. The van der Waals surface area contributed by atoms with E-state index in [1.54, 1.807) is 6.07 Å². The summed E-state index contributed by atoms with van der Waals surface area (Å²) in [4.78, 5) is 27.1. The fourth-order valence-electron chi connectivity index (χ4n) is 3.12. The second-order valence-corrected chi connectivity index (χ2v) is 5.40. The Balaban J connectivity index is 2.24. The topological polar surface area (TPSA) is 63.6 Å². The summed E-state index contributed by atoms with van der Waals surface area (Å²) in [5, 5.41) is 1.55. The number of methoxy groups -OCH3 is 1. The molecule has 1 N–H and O–H groups in total. The number of aromatic nitrogens is 2. The summed E-state index contributed by atoms with van der Waals surface area (Å²) < 4.78 is 6.79. The Labute approximate surface area is 131 Å². The molecule has 2 heterocycles. The molecule has 0 atom stereocenters. The predicted molar refractivity (Wildman–Crippen MR) is 88.7 cm³/mol. The van der Waals surface area contributed by atoms with Crippen LogP contribution in [0.2, 0.25) is 0 Å². The van der Waals surface area contributed by atoms with Crippen LogP contribution in [-0.2, 0) is 16.0 Å². The molecule has 0 saturated heterocycles. The highest BCUT2D eigenvalue weighted by atomic mass is 16.5. The van der Waals surface area contributed by atoms with Crippen LogP contribution in [0.5, 0.6) is 0 Å². The van der Waals surface area contributed by atoms with Gasteiger partial charge in [-0.25, -0.2) is 0 Å². The molecule has 0 aliphatic carbocycles. The van der Waals surface area contributed by atoms with Crippen molar-refractivity contribution >= 4 is 33.4 Å². The average molecular weight is 306 g/mol. The van der Waals surface area contributed by atoms with Gasteiger partial charge in [0.1, 0.15) is 5.65 Å². The van der Waals surface area contributed by atoms with Gasteiger partial charge in [-0.05, 0) is 18.2 Å². The highest BCUT2D eigenvalue weighted by Gasteiger charge is 2.17. The zero-order chi connectivity index (χ0) is 16.0. The molecule has 0 saturated carbocycles. The number of rotatable bonds is 2. The number of hydrogen-bond donors (Lipinski definition) is 1. The first-order valence-corrected chi connectivity index (χ1v) is 7.30. The summed E-state index contributed by atoms with van der Waals surface area (Å²) in [5.41, 5.74) is 3.02. The number of ether oxygens (including phenoxy) is 1. The molecule has 0 radical (unpaired) electrons. The first kappa shape index (κ1) is 13.6. The molecule has 5 heteroatoms. The van der Waals surface area contributed by atoms with Crippen molar-refractivity contribution in [2.24, 2.45) is 0 Å². The van der Waals surface area contributed by atoms with Crippen LogP contribution in [0.15, 0.2) is 53.3 Å². The number of hydrogen-bond acceptors (Lipinski definition) is 3. The fraction of sp³-hybridized carbons (Fsp3) is 0.111. The molecule has 2 aromatic carbocycles. The van der Waals surface area contributed by atoms with Crippen molar-refractivity contribution in [2.45, 2.75) is 6.42 Å². The average Bonchev–Trinajstić information content (AvgIpc) is 2.89. The van der Waals surface area contributed by atoms with E-state index in [1.807, 2.05) is 46.9 Å². The van der Waals surface area contributed by atoms with Crippen molar-refractivity contribution < 1.29 is 9.53 Å². The maximum atomic E-state index is 12.4. The Morgan fingerprint density at radius 3 is 2.35 bits per heavy atom. The van der Waals surface area contributed by atoms with Gasteiger partial charge in [-0.15, -0.1) is 0 Å². The molecule has 0 spiro atoms. The highest BCUT2D eigenvalue weighted by Crippen LogP contribution is 2.28. The number of carbonyl (C=O) groups excluding carboxylic acids is 1. The number of H-pyrrole nitrogens is 1. The molecule has 0 aliphatic rings. The maximum Gasteiger partial charge on any atom is 0.310 e. The fourth-order valence-corrected chi connectivity index (χ4v) is 3.12. The third-order valence-electron chi connectivity index (χ3n) is 4.15. The van der Waals surface area contributed by atoms with E-state index in [2.05, 4.69) is 4.98 Å². The number of fused-ring (bicyclic) bond motifs is 5. The van der Waals surface area contributed by atoms with Crippen LogP contribution in [-0.4, -0.2) is 22.5 Å². The Hall–Kier alpha value is -3.08. The summed E-state index contributed by atoms with van der Waals surface area (Å²) >= 11 is 0. The van der Waals surface area contributed by atoms with Gasteiger partial charge in [0.05, 0.1) is 30.0 Å². The number of esters is 1. The number of benzene rings is 2. The normalized spacial score (nSPS) is 11.3. The molecule has 0 aliphatic heterocycles. The van der Waals surface area contributed by atoms with Gasteiger partial charge >= 0.3 is 5.97 Å². The lowest BCUT2D eigenvalue weighted by Crippen LogP contribution is -2.11.